The van der Waals surface area contributed by atoms with Gasteiger partial charge in [0.15, 0.2) is 33.3 Å². The molecule has 0 amide bonds. The standard InChI is InChI=1S/C43H74O5Si2.C35H60O5Si2/c1-31-34(28-35(47-49(11,12)40(3,4)5)29-38(31)48-50(13,14)41(6,7)8)22-21-33-20-19-27-43(10)36(23-24-37(33)43)32(2)45-30-39(44)46-42(9)25-17-15-16-18-26-42;1-24-27(17-16-26-15-14-20-35(9)29(18-19-30(26)35)25(2)38-23-32(36)37)21-28(39-41(10,11)33(3,4)5)22-31(24)40-42(12,13)34(6,7)8/h21-23,32,35,37-38H,1,15-20,24-30H2,2-14H3;16-18,25,28,30-31H,1,14-15,19-23H2,2-13H3,(H,36,37)/t32-,35+,37-,38-,43+;25-,28+,30?,31-,35+/m00/s1. The Morgan fingerprint density at radius 3 is 1.23 bits per heavy atom. The predicted octanol–water partition coefficient (Wildman–Crippen LogP) is 21.8. The third-order valence-corrected chi connectivity index (χ3v) is 43.0. The maximum Gasteiger partial charge on any atom is 0.332 e. The molecule has 7 aliphatic carbocycles. The number of allylic oxidation sites excluding steroid dienone is 8. The van der Waals surface area contributed by atoms with Crippen molar-refractivity contribution in [1.82, 2.24) is 0 Å². The topological polar surface area (TPSA) is 119 Å². The molecule has 0 aromatic rings. The van der Waals surface area contributed by atoms with Crippen molar-refractivity contribution in [3.8, 4) is 0 Å². The van der Waals surface area contributed by atoms with Gasteiger partial charge in [-0.25, -0.2) is 9.59 Å². The normalized spacial score (nSPS) is 30.5. The fourth-order valence-electron chi connectivity index (χ4n) is 14.9. The lowest BCUT2D eigenvalue weighted by molar-refractivity contribution is -0.166. The molecule has 0 radical (unpaired) electrons. The van der Waals surface area contributed by atoms with Gasteiger partial charge in [0, 0.05) is 12.8 Å². The predicted molar refractivity (Wildman–Crippen MR) is 394 cm³/mol. The fraction of sp³-hybridized carbons (Fsp3) is 0.769. The van der Waals surface area contributed by atoms with Gasteiger partial charge in [-0.1, -0.05) is 171 Å². The summed E-state index contributed by atoms with van der Waals surface area (Å²) in [5, 5.41) is 9.66. The summed E-state index contributed by atoms with van der Waals surface area (Å²) in [5.74, 6) is -0.278. The molecule has 5 saturated carbocycles. The van der Waals surface area contributed by atoms with Gasteiger partial charge in [-0.3, -0.25) is 0 Å². The lowest BCUT2D eigenvalue weighted by atomic mass is 9.63. The Morgan fingerprint density at radius 2 is 0.880 bits per heavy atom. The molecule has 0 spiro atoms. The number of hydrogen-bond donors (Lipinski definition) is 1. The molecular weight excluding hydrogens is 1210 g/mol. The summed E-state index contributed by atoms with van der Waals surface area (Å²) >= 11 is 0. The van der Waals surface area contributed by atoms with Crippen LogP contribution in [0, 0.1) is 22.7 Å². The van der Waals surface area contributed by atoms with E-state index < -0.39 is 39.2 Å². The third-order valence-electron chi connectivity index (χ3n) is 25.0. The van der Waals surface area contributed by atoms with Crippen molar-refractivity contribution < 1.29 is 46.6 Å². The van der Waals surface area contributed by atoms with Gasteiger partial charge in [0.25, 0.3) is 0 Å². The Hall–Kier alpha value is -2.51. The van der Waals surface area contributed by atoms with Crippen molar-refractivity contribution in [2.45, 2.75) is 348 Å². The summed E-state index contributed by atoms with van der Waals surface area (Å²) in [6, 6.07) is 0. The number of hydrogen-bond acceptors (Lipinski definition) is 9. The number of esters is 1. The fourth-order valence-corrected chi connectivity index (χ4v) is 20.3. The van der Waals surface area contributed by atoms with E-state index in [9.17, 15) is 9.59 Å². The highest BCUT2D eigenvalue weighted by Crippen LogP contribution is 2.58. The number of carboxylic acid groups (broad SMARTS) is 1. The molecule has 0 aromatic carbocycles. The highest BCUT2D eigenvalue weighted by molar-refractivity contribution is 6.75. The van der Waals surface area contributed by atoms with Crippen LogP contribution in [0.2, 0.25) is 72.5 Å². The number of aliphatic carboxylic acids is 1. The lowest BCUT2D eigenvalue weighted by Gasteiger charge is -2.45. The minimum Gasteiger partial charge on any atom is -0.480 e. The lowest BCUT2D eigenvalue weighted by Crippen LogP contribution is -2.49. The van der Waals surface area contributed by atoms with Crippen LogP contribution in [0.4, 0.5) is 0 Å². The molecule has 0 heterocycles. The zero-order valence-corrected chi connectivity index (χ0v) is 67.3. The third kappa shape index (κ3) is 19.0. The van der Waals surface area contributed by atoms with Crippen LogP contribution in [0.15, 0.2) is 94.2 Å². The molecule has 7 rings (SSSR count). The van der Waals surface area contributed by atoms with Gasteiger partial charge < -0.3 is 37.0 Å². The summed E-state index contributed by atoms with van der Waals surface area (Å²) in [6.45, 7) is 66.6. The first kappa shape index (κ1) is 78.5. The Bertz CT molecular complexity index is 2810. The second kappa shape index (κ2) is 29.9. The van der Waals surface area contributed by atoms with Crippen LogP contribution in [0.1, 0.15) is 233 Å². The number of rotatable bonds is 19. The van der Waals surface area contributed by atoms with Crippen LogP contribution in [-0.2, 0) is 41.5 Å². The van der Waals surface area contributed by atoms with E-state index in [4.69, 9.17) is 37.0 Å². The van der Waals surface area contributed by atoms with Crippen molar-refractivity contribution >= 4 is 45.2 Å². The molecule has 14 heteroatoms. The molecular formula is C78H134O10Si4. The maximum atomic E-state index is 12.9. The number of ether oxygens (including phenoxy) is 3. The Kier molecular flexibility index (Phi) is 25.5. The van der Waals surface area contributed by atoms with Gasteiger partial charge >= 0.3 is 11.9 Å². The van der Waals surface area contributed by atoms with Crippen LogP contribution in [0.25, 0.3) is 0 Å². The van der Waals surface area contributed by atoms with Crippen LogP contribution in [-0.4, -0.2) is 106 Å². The summed E-state index contributed by atoms with van der Waals surface area (Å²) in [7, 11) is -7.95. The van der Waals surface area contributed by atoms with Crippen LogP contribution >= 0.6 is 0 Å². The molecule has 5 fully saturated rings. The molecule has 10 nitrogen and oxygen atoms in total. The number of carbonyl (C=O) groups excluding carboxylic acids is 1. The molecule has 7 aliphatic rings. The molecule has 0 aliphatic heterocycles. The van der Waals surface area contributed by atoms with Gasteiger partial charge in [-0.15, -0.1) is 0 Å². The summed E-state index contributed by atoms with van der Waals surface area (Å²) < 4.78 is 46.2. The second-order valence-corrected chi connectivity index (χ2v) is 55.1. The van der Waals surface area contributed by atoms with E-state index in [-0.39, 0.29) is 92.4 Å². The first-order valence-electron chi connectivity index (χ1n) is 36.0. The quantitative estimate of drug-likeness (QED) is 0.0579. The van der Waals surface area contributed by atoms with E-state index in [1.165, 1.54) is 46.3 Å². The minimum atomic E-state index is -2.02. The smallest absolute Gasteiger partial charge is 0.332 e. The molecule has 1 unspecified atom stereocenters. The van der Waals surface area contributed by atoms with Crippen molar-refractivity contribution in [1.29, 1.82) is 0 Å². The molecule has 0 saturated heterocycles. The van der Waals surface area contributed by atoms with E-state index >= 15 is 0 Å². The SMILES string of the molecule is C=C1C(=CC=C2CCC[C@]3(C)C([C@H](C)OCC(=O)O)=CCC23)C[C@@H](O[Si](C)(C)C(C)(C)C)C[C@@H]1O[Si](C)(C)C(C)(C)C.C=C1C(=CC=C2CCC[C@]3(C)C([C@H](C)OCC(=O)OC4(C)CCCCCC4)=CC[C@@H]23)C[C@@H](O[Si](C)(C)C(C)(C)C)C[C@@H]1O[Si](C)(C)C(C)(C)C. The zero-order valence-electron chi connectivity index (χ0n) is 63.3. The summed E-state index contributed by atoms with van der Waals surface area (Å²) in [5.41, 5.74) is 10.1. The van der Waals surface area contributed by atoms with Gasteiger partial charge in [-0.05, 0) is 239 Å². The van der Waals surface area contributed by atoms with E-state index in [0.29, 0.717) is 11.8 Å². The van der Waals surface area contributed by atoms with Gasteiger partial charge in [0.1, 0.15) is 18.8 Å². The minimum absolute atomic E-state index is 0.00599. The summed E-state index contributed by atoms with van der Waals surface area (Å²) in [4.78, 5) is 24.0. The largest absolute Gasteiger partial charge is 0.480 e. The number of fused-ring (bicyclic) bond motifs is 2. The molecule has 522 valence electrons. The Morgan fingerprint density at radius 1 is 0.533 bits per heavy atom. The van der Waals surface area contributed by atoms with E-state index in [0.717, 1.165) is 114 Å². The van der Waals surface area contributed by atoms with E-state index in [1.807, 2.05) is 6.92 Å². The van der Waals surface area contributed by atoms with Gasteiger partial charge in [0.2, 0.25) is 0 Å². The van der Waals surface area contributed by atoms with Crippen LogP contribution < -0.4 is 0 Å². The average Bonchev–Trinajstić information content (AvgIpc) is 1.57. The highest BCUT2D eigenvalue weighted by Gasteiger charge is 2.51. The molecule has 0 aromatic heterocycles. The second-order valence-electron chi connectivity index (χ2n) is 36.1. The Balaban J connectivity index is 0.000000297. The van der Waals surface area contributed by atoms with Gasteiger partial charge in [-0.2, -0.15) is 0 Å². The van der Waals surface area contributed by atoms with Gasteiger partial charge in [0.05, 0.1) is 36.6 Å². The van der Waals surface area contributed by atoms with Crippen molar-refractivity contribution in [2.75, 3.05) is 13.2 Å². The van der Waals surface area contributed by atoms with E-state index in [2.05, 4.69) is 213 Å². The van der Waals surface area contributed by atoms with Crippen LogP contribution in [0.5, 0.6) is 0 Å². The molecule has 0 bridgehead atoms. The number of carboxylic acids is 1. The van der Waals surface area contributed by atoms with Crippen molar-refractivity contribution in [2.24, 2.45) is 22.7 Å². The van der Waals surface area contributed by atoms with Crippen molar-refractivity contribution in [3.05, 3.63) is 94.2 Å². The first-order chi connectivity index (χ1) is 42.1. The zero-order chi connectivity index (χ0) is 69.2. The number of carbonyl (C=O) groups is 2. The van der Waals surface area contributed by atoms with E-state index in [1.54, 1.807) is 0 Å². The Labute approximate surface area is 566 Å². The monoisotopic (exact) mass is 1340 g/mol. The maximum absolute atomic E-state index is 12.9. The highest BCUT2D eigenvalue weighted by atomic mass is 28.4. The first-order valence-corrected chi connectivity index (χ1v) is 47.7. The molecule has 92 heavy (non-hydrogen) atoms. The molecule has 1 N–H and O–H groups in total. The average molecular weight is 1340 g/mol. The summed E-state index contributed by atoms with van der Waals surface area (Å²) in [6.07, 6.45) is 33.0. The van der Waals surface area contributed by atoms with Crippen LogP contribution in [0.3, 0.4) is 0 Å². The van der Waals surface area contributed by atoms with Crippen molar-refractivity contribution in [3.63, 3.8) is 0 Å². The molecule has 10 atom stereocenters.